The predicted molar refractivity (Wildman–Crippen MR) is 85.8 cm³/mol. The minimum Gasteiger partial charge on any atom is -0.459 e. The van der Waals surface area contributed by atoms with Crippen LogP contribution in [-0.4, -0.2) is 25.7 Å². The van der Waals surface area contributed by atoms with Gasteiger partial charge in [0, 0.05) is 10.6 Å². The van der Waals surface area contributed by atoms with Crippen LogP contribution in [0.25, 0.3) is 16.3 Å². The molecule has 1 N–H and O–H groups in total. The van der Waals surface area contributed by atoms with Gasteiger partial charge in [-0.25, -0.2) is 0 Å². The van der Waals surface area contributed by atoms with E-state index in [0.29, 0.717) is 20.9 Å². The number of amides is 1. The van der Waals surface area contributed by atoms with Crippen molar-refractivity contribution in [1.29, 1.82) is 0 Å². The first kappa shape index (κ1) is 13.9. The lowest BCUT2D eigenvalue weighted by Gasteiger charge is -1.98. The molecule has 1 amide bonds. The van der Waals surface area contributed by atoms with Crippen molar-refractivity contribution < 1.29 is 9.21 Å². The molecule has 0 unspecified atom stereocenters. The predicted octanol–water partition coefficient (Wildman–Crippen LogP) is 3.35. The van der Waals surface area contributed by atoms with E-state index in [0.717, 1.165) is 5.56 Å². The lowest BCUT2D eigenvalue weighted by Crippen LogP contribution is -2.10. The topological polar surface area (TPSA) is 85.3 Å². The Morgan fingerprint density at radius 1 is 1.26 bits per heavy atom. The normalized spacial score (nSPS) is 11.0. The Kier molecular flexibility index (Phi) is 3.32. The number of nitrogens with one attached hydrogen (secondary N) is 1. The average molecular weight is 346 g/mol. The molecular weight excluding hydrogens is 338 g/mol. The number of carbonyl (C=O) groups excluding carboxylic acids is 1. The van der Waals surface area contributed by atoms with Crippen LogP contribution in [0.4, 0.5) is 5.13 Å². The third-order valence-corrected chi connectivity index (χ3v) is 4.09. The maximum absolute atomic E-state index is 12.0. The van der Waals surface area contributed by atoms with Crippen molar-refractivity contribution in [3.63, 3.8) is 0 Å². The summed E-state index contributed by atoms with van der Waals surface area (Å²) in [5, 5.41) is 16.2. The fourth-order valence-corrected chi connectivity index (χ4v) is 2.97. The zero-order chi connectivity index (χ0) is 15.8. The van der Waals surface area contributed by atoms with Crippen LogP contribution in [0.1, 0.15) is 10.6 Å². The molecule has 0 aliphatic heterocycles. The summed E-state index contributed by atoms with van der Waals surface area (Å²) in [7, 11) is 0. The highest BCUT2D eigenvalue weighted by atomic mass is 35.5. The van der Waals surface area contributed by atoms with Gasteiger partial charge in [-0.3, -0.25) is 10.1 Å². The molecule has 3 heterocycles. The van der Waals surface area contributed by atoms with Gasteiger partial charge in [-0.05, 0) is 24.3 Å². The second kappa shape index (κ2) is 5.49. The third-order valence-electron chi connectivity index (χ3n) is 3.04. The molecule has 7 nitrogen and oxygen atoms in total. The number of carbonyl (C=O) groups is 1. The van der Waals surface area contributed by atoms with Crippen molar-refractivity contribution in [3.8, 4) is 11.4 Å². The standard InChI is InChI=1S/C14H8ClN5O2S/c15-9-4-1-3-8(7-9)11-17-18-14-20(11)19-13(23-14)16-12(21)10-5-2-6-22-10/h1-7H,(H,16,19,21). The van der Waals surface area contributed by atoms with E-state index in [9.17, 15) is 4.79 Å². The summed E-state index contributed by atoms with van der Waals surface area (Å²) in [6.45, 7) is 0. The van der Waals surface area contributed by atoms with Crippen LogP contribution < -0.4 is 5.32 Å². The van der Waals surface area contributed by atoms with Gasteiger partial charge in [0.15, 0.2) is 11.6 Å². The Balaban J connectivity index is 1.68. The number of halogens is 1. The Labute approximate surface area is 138 Å². The summed E-state index contributed by atoms with van der Waals surface area (Å²) in [6, 6.07) is 10.5. The maximum Gasteiger partial charge on any atom is 0.293 e. The van der Waals surface area contributed by atoms with Crippen molar-refractivity contribution in [2.45, 2.75) is 0 Å². The molecule has 0 fully saturated rings. The minimum atomic E-state index is -0.371. The number of hydrogen-bond donors (Lipinski definition) is 1. The molecule has 0 aliphatic rings. The van der Waals surface area contributed by atoms with Gasteiger partial charge < -0.3 is 4.42 Å². The zero-order valence-corrected chi connectivity index (χ0v) is 13.0. The zero-order valence-electron chi connectivity index (χ0n) is 11.4. The minimum absolute atomic E-state index is 0.214. The maximum atomic E-state index is 12.0. The number of aromatic nitrogens is 4. The molecule has 0 atom stereocenters. The molecule has 4 rings (SSSR count). The SMILES string of the molecule is O=C(Nc1nn2c(-c3cccc(Cl)c3)nnc2s1)c1ccco1. The van der Waals surface area contributed by atoms with Crippen LogP contribution in [0.15, 0.2) is 47.1 Å². The lowest BCUT2D eigenvalue weighted by atomic mass is 10.2. The van der Waals surface area contributed by atoms with Crippen molar-refractivity contribution in [3.05, 3.63) is 53.4 Å². The first-order valence-corrected chi connectivity index (χ1v) is 7.73. The Bertz CT molecular complexity index is 992. The van der Waals surface area contributed by atoms with Crippen molar-refractivity contribution in [2.24, 2.45) is 0 Å². The van der Waals surface area contributed by atoms with Gasteiger partial charge in [0.2, 0.25) is 10.1 Å². The summed E-state index contributed by atoms with van der Waals surface area (Å²) < 4.78 is 6.61. The van der Waals surface area contributed by atoms with E-state index in [1.54, 1.807) is 28.8 Å². The lowest BCUT2D eigenvalue weighted by molar-refractivity contribution is 0.0996. The molecule has 0 spiro atoms. The van der Waals surface area contributed by atoms with Gasteiger partial charge in [0.05, 0.1) is 6.26 Å². The van der Waals surface area contributed by atoms with Gasteiger partial charge in [0.25, 0.3) is 5.91 Å². The summed E-state index contributed by atoms with van der Waals surface area (Å²) >= 11 is 7.22. The molecule has 0 saturated carbocycles. The number of anilines is 1. The van der Waals surface area contributed by atoms with Crippen LogP contribution in [0, 0.1) is 0 Å². The van der Waals surface area contributed by atoms with E-state index in [4.69, 9.17) is 16.0 Å². The fourth-order valence-electron chi connectivity index (χ4n) is 2.04. The molecular formula is C14H8ClN5O2S. The number of fused-ring (bicyclic) bond motifs is 1. The average Bonchev–Trinajstić information content (AvgIpc) is 3.23. The fraction of sp³-hybridized carbons (Fsp3) is 0. The van der Waals surface area contributed by atoms with Gasteiger partial charge in [-0.1, -0.05) is 35.1 Å². The van der Waals surface area contributed by atoms with Gasteiger partial charge in [0.1, 0.15) is 0 Å². The highest BCUT2D eigenvalue weighted by molar-refractivity contribution is 7.20. The Morgan fingerprint density at radius 2 is 2.17 bits per heavy atom. The van der Waals surface area contributed by atoms with Crippen LogP contribution >= 0.6 is 22.9 Å². The number of hydrogen-bond acceptors (Lipinski definition) is 6. The molecule has 1 aromatic carbocycles. The molecule has 4 aromatic rings. The summed E-state index contributed by atoms with van der Waals surface area (Å²) in [6.07, 6.45) is 1.44. The first-order chi connectivity index (χ1) is 11.2. The number of nitrogens with zero attached hydrogens (tertiary/aromatic N) is 4. The van der Waals surface area contributed by atoms with E-state index in [1.807, 2.05) is 12.1 Å². The van der Waals surface area contributed by atoms with E-state index >= 15 is 0 Å². The monoisotopic (exact) mass is 345 g/mol. The summed E-state index contributed by atoms with van der Waals surface area (Å²) in [4.78, 5) is 12.5. The number of benzene rings is 1. The molecule has 0 bridgehead atoms. The highest BCUT2D eigenvalue weighted by Crippen LogP contribution is 2.25. The largest absolute Gasteiger partial charge is 0.459 e. The second-order valence-electron chi connectivity index (χ2n) is 4.57. The highest BCUT2D eigenvalue weighted by Gasteiger charge is 2.16. The van der Waals surface area contributed by atoms with Crippen molar-refractivity contribution in [1.82, 2.24) is 19.8 Å². The van der Waals surface area contributed by atoms with Crippen LogP contribution in [0.5, 0.6) is 0 Å². The third kappa shape index (κ3) is 2.58. The van der Waals surface area contributed by atoms with E-state index in [-0.39, 0.29) is 11.7 Å². The molecule has 9 heteroatoms. The van der Waals surface area contributed by atoms with E-state index < -0.39 is 0 Å². The Hall–Kier alpha value is -2.71. The van der Waals surface area contributed by atoms with Gasteiger partial charge >= 0.3 is 0 Å². The molecule has 0 aliphatic carbocycles. The quantitative estimate of drug-likeness (QED) is 0.615. The van der Waals surface area contributed by atoms with Gasteiger partial charge in [-0.15, -0.1) is 15.3 Å². The molecule has 0 saturated heterocycles. The van der Waals surface area contributed by atoms with Crippen molar-refractivity contribution in [2.75, 3.05) is 5.32 Å². The summed E-state index contributed by atoms with van der Waals surface area (Å²) in [5.74, 6) is 0.396. The molecule has 114 valence electrons. The van der Waals surface area contributed by atoms with Crippen LogP contribution in [0.2, 0.25) is 5.02 Å². The second-order valence-corrected chi connectivity index (χ2v) is 5.96. The number of furan rings is 1. The molecule has 3 aromatic heterocycles. The van der Waals surface area contributed by atoms with E-state index in [1.165, 1.54) is 17.6 Å². The van der Waals surface area contributed by atoms with E-state index in [2.05, 4.69) is 20.6 Å². The van der Waals surface area contributed by atoms with Crippen molar-refractivity contribution >= 4 is 38.9 Å². The Morgan fingerprint density at radius 3 is 2.96 bits per heavy atom. The van der Waals surface area contributed by atoms with Gasteiger partial charge in [-0.2, -0.15) is 4.52 Å². The summed E-state index contributed by atoms with van der Waals surface area (Å²) in [5.41, 5.74) is 0.791. The van der Waals surface area contributed by atoms with Crippen LogP contribution in [-0.2, 0) is 0 Å². The smallest absolute Gasteiger partial charge is 0.293 e. The number of rotatable bonds is 3. The van der Waals surface area contributed by atoms with Crippen LogP contribution in [0.3, 0.4) is 0 Å². The molecule has 23 heavy (non-hydrogen) atoms. The molecule has 0 radical (unpaired) electrons. The first-order valence-electron chi connectivity index (χ1n) is 6.54.